The molecule has 0 bridgehead atoms. The second-order valence-corrected chi connectivity index (χ2v) is 4.32. The predicted octanol–water partition coefficient (Wildman–Crippen LogP) is 6.23. The smallest absolute Gasteiger partial charge is 0.418 e. The van der Waals surface area contributed by atoms with Gasteiger partial charge in [-0.2, -0.15) is 0 Å². The molecule has 0 nitrogen and oxygen atoms in total. The van der Waals surface area contributed by atoms with E-state index in [-0.39, 0.29) is 0 Å². The quantitative estimate of drug-likeness (QED) is 0.261. The molecule has 0 atom stereocenters. The Hall–Kier alpha value is -0.215. The lowest BCUT2D eigenvalue weighted by molar-refractivity contribution is 0.368. The first-order valence-electron chi connectivity index (χ1n) is 6.79. The second-order valence-electron chi connectivity index (χ2n) is 4.32. The average molecular weight is 257 g/mol. The van der Waals surface area contributed by atoms with E-state index in [9.17, 15) is 17.3 Å². The van der Waals surface area contributed by atoms with Crippen LogP contribution in [0.3, 0.4) is 0 Å². The van der Waals surface area contributed by atoms with E-state index in [4.69, 9.17) is 0 Å². The van der Waals surface area contributed by atoms with Crippen LogP contribution in [-0.2, 0) is 0 Å². The van der Waals surface area contributed by atoms with Gasteiger partial charge in [-0.1, -0.05) is 78.1 Å². The van der Waals surface area contributed by atoms with Gasteiger partial charge in [-0.05, 0) is 0 Å². The second kappa shape index (κ2) is 13.8. The van der Waals surface area contributed by atoms with E-state index in [1.54, 1.807) is 0 Å². The van der Waals surface area contributed by atoms with Gasteiger partial charge in [0.25, 0.3) is 0 Å². The molecule has 0 rings (SSSR count). The highest BCUT2D eigenvalue weighted by atomic mass is 19.5. The van der Waals surface area contributed by atoms with Crippen molar-refractivity contribution in [1.29, 1.82) is 0 Å². The monoisotopic (exact) mass is 257 g/mol. The summed E-state index contributed by atoms with van der Waals surface area (Å²) in [6.07, 6.45) is 14.4. The maximum Gasteiger partial charge on any atom is 0.673 e. The molecule has 0 radical (unpaired) electrons. The molecule has 0 spiro atoms. The Morgan fingerprint density at radius 3 is 0.882 bits per heavy atom. The van der Waals surface area contributed by atoms with Crippen molar-refractivity contribution < 1.29 is 17.3 Å². The summed E-state index contributed by atoms with van der Waals surface area (Å²) in [5.41, 5.74) is 0. The van der Waals surface area contributed by atoms with Crippen LogP contribution >= 0.6 is 0 Å². The van der Waals surface area contributed by atoms with Gasteiger partial charge < -0.3 is 17.3 Å². The normalized spacial score (nSPS) is 10.9. The zero-order valence-corrected chi connectivity index (χ0v) is 11.2. The molecule has 0 aromatic rings. The molecule has 0 saturated carbocycles. The van der Waals surface area contributed by atoms with E-state index in [1.807, 2.05) is 0 Å². The van der Waals surface area contributed by atoms with Crippen LogP contribution in [-0.4, -0.2) is 7.25 Å². The van der Waals surface area contributed by atoms with Crippen LogP contribution in [0.1, 0.15) is 78.1 Å². The van der Waals surface area contributed by atoms with E-state index < -0.39 is 7.25 Å². The van der Waals surface area contributed by atoms with Crippen molar-refractivity contribution in [3.05, 3.63) is 0 Å². The first-order valence-corrected chi connectivity index (χ1v) is 6.79. The molecule has 0 aromatic heterocycles. The van der Waals surface area contributed by atoms with Crippen molar-refractivity contribution in [3.8, 4) is 0 Å². The minimum Gasteiger partial charge on any atom is -0.418 e. The Labute approximate surface area is 103 Å². The number of halogens is 4. The Morgan fingerprint density at radius 1 is 0.529 bits per heavy atom. The van der Waals surface area contributed by atoms with Crippen LogP contribution in [0.5, 0.6) is 0 Å². The number of hydrogen-bond acceptors (Lipinski definition) is 0. The lowest BCUT2D eigenvalue weighted by Crippen LogP contribution is -2.02. The summed E-state index contributed by atoms with van der Waals surface area (Å²) in [5.74, 6) is 0. The maximum atomic E-state index is 9.75. The fourth-order valence-electron chi connectivity index (χ4n) is 1.56. The summed E-state index contributed by atoms with van der Waals surface area (Å²) in [4.78, 5) is 0. The standard InChI is InChI=1S/C12H26.BF4/c1-3-5-7-9-11-12-10-8-6-4-2;2-1(3,4)5/h3-12H2,1-2H3;/q;-1. The van der Waals surface area contributed by atoms with Crippen molar-refractivity contribution in [2.24, 2.45) is 0 Å². The molecular weight excluding hydrogens is 231 g/mol. The molecule has 0 N–H and O–H groups in total. The summed E-state index contributed by atoms with van der Waals surface area (Å²) in [5, 5.41) is 0. The molecule has 0 fully saturated rings. The molecule has 0 aliphatic heterocycles. The van der Waals surface area contributed by atoms with Crippen LogP contribution in [0, 0.1) is 0 Å². The van der Waals surface area contributed by atoms with Gasteiger partial charge in [0.05, 0.1) is 0 Å². The average Bonchev–Trinajstić information content (AvgIpc) is 2.20. The summed E-state index contributed by atoms with van der Waals surface area (Å²) in [6, 6.07) is 0. The van der Waals surface area contributed by atoms with Crippen LogP contribution in [0.25, 0.3) is 0 Å². The Morgan fingerprint density at radius 2 is 0.706 bits per heavy atom. The van der Waals surface area contributed by atoms with Gasteiger partial charge in [0, 0.05) is 0 Å². The maximum absolute atomic E-state index is 9.75. The molecule has 0 unspecified atom stereocenters. The van der Waals surface area contributed by atoms with Crippen molar-refractivity contribution in [1.82, 2.24) is 0 Å². The molecule has 5 heteroatoms. The van der Waals surface area contributed by atoms with E-state index >= 15 is 0 Å². The topological polar surface area (TPSA) is 0 Å². The van der Waals surface area contributed by atoms with Crippen LogP contribution in [0.2, 0.25) is 0 Å². The molecule has 0 saturated heterocycles. The molecule has 106 valence electrons. The molecule has 0 heterocycles. The summed E-state index contributed by atoms with van der Waals surface area (Å²) in [7, 11) is -6.00. The largest absolute Gasteiger partial charge is 0.673 e. The molecule has 0 aliphatic rings. The minimum atomic E-state index is -6.00. The van der Waals surface area contributed by atoms with Crippen LogP contribution in [0.15, 0.2) is 0 Å². The fourth-order valence-corrected chi connectivity index (χ4v) is 1.56. The number of unbranched alkanes of at least 4 members (excludes halogenated alkanes) is 9. The molecular formula is C12H26BF4-. The number of rotatable bonds is 9. The molecule has 17 heavy (non-hydrogen) atoms. The fraction of sp³-hybridized carbons (Fsp3) is 1.00. The Kier molecular flexibility index (Phi) is 15.6. The van der Waals surface area contributed by atoms with Gasteiger partial charge in [-0.25, -0.2) is 0 Å². The van der Waals surface area contributed by atoms with Gasteiger partial charge in [-0.3, -0.25) is 0 Å². The first kappa shape index (κ1) is 19.1. The Bertz CT molecular complexity index is 121. The highest BCUT2D eigenvalue weighted by Crippen LogP contribution is 2.09. The highest BCUT2D eigenvalue weighted by molar-refractivity contribution is 6.50. The lowest BCUT2D eigenvalue weighted by Gasteiger charge is -1.99. The van der Waals surface area contributed by atoms with Crippen molar-refractivity contribution >= 4 is 7.25 Å². The minimum absolute atomic E-state index is 1.37. The third-order valence-corrected chi connectivity index (χ3v) is 2.46. The molecule has 0 amide bonds. The lowest BCUT2D eigenvalue weighted by atomic mass is 10.1. The zero-order chi connectivity index (χ0) is 13.6. The highest BCUT2D eigenvalue weighted by Gasteiger charge is 2.20. The third kappa shape index (κ3) is 38.9. The van der Waals surface area contributed by atoms with Crippen molar-refractivity contribution in [2.45, 2.75) is 78.1 Å². The van der Waals surface area contributed by atoms with Gasteiger partial charge in [0.15, 0.2) is 0 Å². The van der Waals surface area contributed by atoms with E-state index in [2.05, 4.69) is 13.8 Å². The van der Waals surface area contributed by atoms with E-state index in [1.165, 1.54) is 64.2 Å². The predicted molar refractivity (Wildman–Crippen MR) is 67.7 cm³/mol. The van der Waals surface area contributed by atoms with E-state index in [0.717, 1.165) is 0 Å². The first-order chi connectivity index (χ1) is 7.91. The molecule has 0 aliphatic carbocycles. The summed E-state index contributed by atoms with van der Waals surface area (Å²) < 4.78 is 39.0. The van der Waals surface area contributed by atoms with Crippen LogP contribution in [0.4, 0.5) is 17.3 Å². The Balaban J connectivity index is 0. The summed E-state index contributed by atoms with van der Waals surface area (Å²) in [6.45, 7) is 4.56. The van der Waals surface area contributed by atoms with Gasteiger partial charge in [0.1, 0.15) is 0 Å². The van der Waals surface area contributed by atoms with Crippen molar-refractivity contribution in [2.75, 3.05) is 0 Å². The van der Waals surface area contributed by atoms with Gasteiger partial charge >= 0.3 is 7.25 Å². The van der Waals surface area contributed by atoms with Crippen LogP contribution < -0.4 is 0 Å². The molecule has 0 aromatic carbocycles. The van der Waals surface area contributed by atoms with Gasteiger partial charge in [0.2, 0.25) is 0 Å². The summed E-state index contributed by atoms with van der Waals surface area (Å²) >= 11 is 0. The van der Waals surface area contributed by atoms with Crippen molar-refractivity contribution in [3.63, 3.8) is 0 Å². The number of hydrogen-bond donors (Lipinski definition) is 0. The SMILES string of the molecule is CCCCCCCCCCCC.F[B-](F)(F)F. The zero-order valence-electron chi connectivity index (χ0n) is 11.2. The van der Waals surface area contributed by atoms with Gasteiger partial charge in [-0.15, -0.1) is 0 Å². The van der Waals surface area contributed by atoms with E-state index in [0.29, 0.717) is 0 Å². The third-order valence-electron chi connectivity index (χ3n) is 2.46.